The molecule has 0 aromatic heterocycles. The molecule has 2 aromatic carbocycles. The van der Waals surface area contributed by atoms with E-state index in [-0.39, 0.29) is 12.4 Å². The number of unbranched alkanes of at least 4 members (excludes halogenated alkanes) is 90. The molecule has 0 aliphatic heterocycles. The average Bonchev–Trinajstić information content (AvgIpc) is 0.822. The molecule has 8 heteroatoms. The van der Waals surface area contributed by atoms with Gasteiger partial charge in [0.2, 0.25) is 11.5 Å². The van der Waals surface area contributed by atoms with Crippen molar-refractivity contribution in [2.45, 2.75) is 671 Å². The fraction of sp³-hybridized carbons (Fsp3) is 0.894. The van der Waals surface area contributed by atoms with Crippen molar-refractivity contribution >= 4 is 5.78 Å². The Hall–Kier alpha value is -3.13. The number of carbonyl (C=O) groups excluding carboxylic acids is 1. The van der Waals surface area contributed by atoms with Crippen LogP contribution in [0.25, 0.3) is 0 Å². The van der Waals surface area contributed by atoms with Gasteiger partial charge in [-0.05, 0) is 75.3 Å². The molecule has 0 aliphatic carbocycles. The number of aliphatic hydroxyl groups excluding tert-OH is 1. The van der Waals surface area contributed by atoms with Crippen molar-refractivity contribution in [3.63, 3.8) is 0 Å². The Balaban J connectivity index is 0.00000131. The summed E-state index contributed by atoms with van der Waals surface area (Å²) in [5.41, 5.74) is 1.48. The molecule has 0 bridgehead atoms. The molecule has 0 spiro atoms. The zero-order valence-corrected chi connectivity index (χ0v) is 89.9. The van der Waals surface area contributed by atoms with E-state index in [4.69, 9.17) is 28.4 Å². The molecule has 2 aromatic rings. The summed E-state index contributed by atoms with van der Waals surface area (Å²) in [7, 11) is 0. The molecule has 0 unspecified atom stereocenters. The molecule has 0 aliphatic rings. The second kappa shape index (κ2) is 107. The predicted molar refractivity (Wildman–Crippen MR) is 579 cm³/mol. The average molecular weight is 1840 g/mol. The fourth-order valence-electron chi connectivity index (χ4n) is 19.2. The Morgan fingerprint density at radius 1 is 0.176 bits per heavy atom. The molecule has 131 heavy (non-hydrogen) atoms. The highest BCUT2D eigenvalue weighted by atomic mass is 16.5. The Morgan fingerprint density at radius 3 is 0.412 bits per heavy atom. The lowest BCUT2D eigenvalue weighted by atomic mass is 10.0. The van der Waals surface area contributed by atoms with Crippen LogP contribution >= 0.6 is 0 Å². The van der Waals surface area contributed by atoms with Gasteiger partial charge in [-0.2, -0.15) is 0 Å². The van der Waals surface area contributed by atoms with Gasteiger partial charge >= 0.3 is 0 Å². The van der Waals surface area contributed by atoms with Gasteiger partial charge in [0.25, 0.3) is 0 Å². The minimum Gasteiger partial charge on any atom is -0.490 e. The smallest absolute Gasteiger partial charge is 0.203 e. The number of ether oxygens (including phenoxy) is 6. The van der Waals surface area contributed by atoms with Gasteiger partial charge in [0.05, 0.1) is 46.2 Å². The van der Waals surface area contributed by atoms with Crippen LogP contribution in [0.2, 0.25) is 0 Å². The van der Waals surface area contributed by atoms with Crippen LogP contribution in [0.3, 0.4) is 0 Å². The summed E-state index contributed by atoms with van der Waals surface area (Å²) in [5.74, 6) is 4.35. The van der Waals surface area contributed by atoms with Crippen LogP contribution < -0.4 is 28.4 Å². The first-order valence-electron chi connectivity index (χ1n) is 60.1. The molecule has 772 valence electrons. The topological polar surface area (TPSA) is 92.7 Å². The number of Topliss-reactive ketones (excluding diaryl/α,β-unsaturated/α-hetero) is 1. The largest absolute Gasteiger partial charge is 0.490 e. The number of hydrogen-bond acceptors (Lipinski definition) is 8. The number of benzene rings is 2. The molecule has 0 heterocycles. The minimum atomic E-state index is -0.0236. The highest BCUT2D eigenvalue weighted by Gasteiger charge is 2.20. The van der Waals surface area contributed by atoms with Crippen LogP contribution in [0, 0.1) is 0 Å². The first-order chi connectivity index (χ1) is 64.9. The van der Waals surface area contributed by atoms with Crippen LogP contribution in [0.15, 0.2) is 24.3 Å². The van der Waals surface area contributed by atoms with E-state index in [1.54, 1.807) is 6.92 Å². The Bertz CT molecular complexity index is 2410. The van der Waals surface area contributed by atoms with Crippen molar-refractivity contribution in [1.29, 1.82) is 0 Å². The van der Waals surface area contributed by atoms with E-state index >= 15 is 0 Å². The van der Waals surface area contributed by atoms with Crippen LogP contribution in [0.5, 0.6) is 34.5 Å². The monoisotopic (exact) mass is 1840 g/mol. The third-order valence-corrected chi connectivity index (χ3v) is 28.2. The van der Waals surface area contributed by atoms with Gasteiger partial charge in [-0.3, -0.25) is 4.79 Å². The van der Waals surface area contributed by atoms with Gasteiger partial charge in [-0.25, -0.2) is 0 Å². The van der Waals surface area contributed by atoms with Crippen LogP contribution in [-0.4, -0.2) is 50.5 Å². The number of rotatable bonds is 110. The zero-order valence-electron chi connectivity index (χ0n) is 89.9. The van der Waals surface area contributed by atoms with Gasteiger partial charge in [0.1, 0.15) is 0 Å². The van der Waals surface area contributed by atoms with E-state index in [1.165, 1.54) is 578 Å². The number of carbonyl (C=O) groups is 1. The summed E-state index contributed by atoms with van der Waals surface area (Å²) >= 11 is 0. The van der Waals surface area contributed by atoms with Gasteiger partial charge in [0.15, 0.2) is 28.8 Å². The molecular formula is C123H232O8. The lowest BCUT2D eigenvalue weighted by Crippen LogP contribution is -2.08. The zero-order chi connectivity index (χ0) is 94.1. The SMILES string of the molecule is CCCCCCCCCCCCCCCCCCOc1cc(C(C)=O)cc(OCCCCCCCCCCCCCCCCCC)c1OCCCCCCCCCCCCCCCCCC.CCCCCCCCCCCCCCCCCCOc1cc(CO)cc(OCCCCCCCCCCCCCCCCCC)c1OCCCCCCCCCCCCCCCCCC. The van der Waals surface area contributed by atoms with E-state index in [0.717, 1.165) is 61.3 Å². The Kier molecular flexibility index (Phi) is 103. The molecule has 1 N–H and O–H groups in total. The highest BCUT2D eigenvalue weighted by molar-refractivity contribution is 5.95. The summed E-state index contributed by atoms with van der Waals surface area (Å²) in [6.45, 7) is 19.4. The van der Waals surface area contributed by atoms with Crippen molar-refractivity contribution < 1.29 is 38.3 Å². The third-order valence-electron chi connectivity index (χ3n) is 28.2. The van der Waals surface area contributed by atoms with E-state index in [0.29, 0.717) is 62.5 Å². The van der Waals surface area contributed by atoms with Crippen molar-refractivity contribution in [2.24, 2.45) is 0 Å². The van der Waals surface area contributed by atoms with Crippen LogP contribution in [-0.2, 0) is 6.61 Å². The van der Waals surface area contributed by atoms with Gasteiger partial charge in [-0.15, -0.1) is 0 Å². The second-order valence-electron chi connectivity index (χ2n) is 41.3. The molecule has 0 saturated heterocycles. The van der Waals surface area contributed by atoms with Crippen LogP contribution in [0.1, 0.15) is 681 Å². The molecule has 2 rings (SSSR count). The van der Waals surface area contributed by atoms with Crippen molar-refractivity contribution in [3.8, 4) is 34.5 Å². The first-order valence-corrected chi connectivity index (χ1v) is 60.1. The Morgan fingerprint density at radius 2 is 0.290 bits per heavy atom. The molecule has 0 saturated carbocycles. The normalized spacial score (nSPS) is 11.5. The van der Waals surface area contributed by atoms with Crippen molar-refractivity contribution in [3.05, 3.63) is 35.4 Å². The van der Waals surface area contributed by atoms with E-state index in [2.05, 4.69) is 41.5 Å². The maximum absolute atomic E-state index is 12.7. The van der Waals surface area contributed by atoms with Crippen LogP contribution in [0.4, 0.5) is 0 Å². The summed E-state index contributed by atoms with van der Waals surface area (Å²) in [5, 5.41) is 10.2. The van der Waals surface area contributed by atoms with E-state index in [1.807, 2.05) is 24.3 Å². The van der Waals surface area contributed by atoms with Gasteiger partial charge in [0, 0.05) is 5.56 Å². The number of ketones is 1. The minimum absolute atomic E-state index is 0.0236. The summed E-state index contributed by atoms with van der Waals surface area (Å²) in [6, 6.07) is 7.77. The standard InChI is InChI=1S/C62H116O4.C61H116O4/c1-5-8-11-14-17-20-23-26-29-32-35-38-41-44-47-50-53-64-60-56-59(58(4)63)57-61(65-54-51-48-45-42-39-36-33-30-27-24-21-18-15-12-9-6-2)62(60)66-55-52-49-46-43-40-37-34-31-28-25-22-19-16-13-10-7-3;1-4-7-10-13-16-19-22-25-28-31-34-37-40-43-46-49-52-63-59-55-58(57-62)56-60(64-53-50-47-44-41-38-35-32-29-26-23-20-17-14-11-8-5-2)61(59)65-54-51-48-45-42-39-36-33-30-27-24-21-18-15-12-9-6-3/h56-57H,5-55H2,1-4H3;55-56,62H,4-54,57H2,1-3H3. The molecular weight excluding hydrogens is 1610 g/mol. The highest BCUT2D eigenvalue weighted by Crippen LogP contribution is 2.42. The number of hydrogen-bond donors (Lipinski definition) is 1. The van der Waals surface area contributed by atoms with Crippen molar-refractivity contribution in [2.75, 3.05) is 39.6 Å². The fourth-order valence-corrected chi connectivity index (χ4v) is 19.2. The van der Waals surface area contributed by atoms with Crippen molar-refractivity contribution in [1.82, 2.24) is 0 Å². The summed E-state index contributed by atoms with van der Waals surface area (Å²) < 4.78 is 38.8. The molecule has 0 atom stereocenters. The maximum atomic E-state index is 12.7. The Labute approximate surface area is 820 Å². The third kappa shape index (κ3) is 89.3. The lowest BCUT2D eigenvalue weighted by Gasteiger charge is -2.18. The van der Waals surface area contributed by atoms with E-state index < -0.39 is 0 Å². The number of aliphatic hydroxyl groups is 1. The summed E-state index contributed by atoms with van der Waals surface area (Å²) in [6.07, 6.45) is 131. The molecule has 8 nitrogen and oxygen atoms in total. The molecule has 0 fully saturated rings. The lowest BCUT2D eigenvalue weighted by molar-refractivity contribution is 0.101. The van der Waals surface area contributed by atoms with Gasteiger partial charge < -0.3 is 33.5 Å². The van der Waals surface area contributed by atoms with Gasteiger partial charge in [-0.1, -0.05) is 619 Å². The quantitative estimate of drug-likeness (QED) is 0.0517. The molecule has 0 amide bonds. The molecule has 0 radical (unpaired) electrons. The maximum Gasteiger partial charge on any atom is 0.203 e. The predicted octanol–water partition coefficient (Wildman–Crippen LogP) is 42.9. The van der Waals surface area contributed by atoms with E-state index in [9.17, 15) is 9.90 Å². The second-order valence-corrected chi connectivity index (χ2v) is 41.3. The first kappa shape index (κ1) is 126. The summed E-state index contributed by atoms with van der Waals surface area (Å²) in [4.78, 5) is 12.7.